The lowest BCUT2D eigenvalue weighted by Crippen LogP contribution is -2.26. The molecule has 23 heavy (non-hydrogen) atoms. The average Bonchev–Trinajstić information content (AvgIpc) is 3.07. The Morgan fingerprint density at radius 3 is 2.74 bits per heavy atom. The molecular formula is C16H11Cl2N3OS. The van der Waals surface area contributed by atoms with Gasteiger partial charge < -0.3 is 4.90 Å². The first kappa shape index (κ1) is 15.9. The predicted octanol–water partition coefficient (Wildman–Crippen LogP) is 4.79. The third-order valence-corrected chi connectivity index (χ3v) is 4.86. The summed E-state index contributed by atoms with van der Waals surface area (Å²) in [4.78, 5) is 22.5. The number of halogens is 2. The van der Waals surface area contributed by atoms with Crippen molar-refractivity contribution in [2.45, 2.75) is 0 Å². The summed E-state index contributed by atoms with van der Waals surface area (Å²) in [6, 6.07) is 8.78. The van der Waals surface area contributed by atoms with Crippen molar-refractivity contribution in [3.8, 4) is 10.6 Å². The topological polar surface area (TPSA) is 46.1 Å². The third kappa shape index (κ3) is 3.37. The molecule has 3 aromatic rings. The zero-order chi connectivity index (χ0) is 16.4. The predicted molar refractivity (Wildman–Crippen MR) is 94.5 cm³/mol. The van der Waals surface area contributed by atoms with Crippen LogP contribution in [0.25, 0.3) is 10.6 Å². The minimum atomic E-state index is -0.213. The largest absolute Gasteiger partial charge is 0.310 e. The lowest BCUT2D eigenvalue weighted by molar-refractivity contribution is 0.0989. The Hall–Kier alpha value is -1.95. The molecule has 0 atom stereocenters. The quantitative estimate of drug-likeness (QED) is 0.671. The minimum Gasteiger partial charge on any atom is -0.310 e. The standard InChI is InChI=1S/C16H11Cl2N3OS/c1-21(11-4-5-12(17)13(18)7-11)16(22)14-9-23-15(20-14)10-3-2-6-19-8-10/h2-9H,1H3. The Morgan fingerprint density at radius 2 is 2.04 bits per heavy atom. The van der Waals surface area contributed by atoms with Gasteiger partial charge in [0.1, 0.15) is 10.7 Å². The van der Waals surface area contributed by atoms with Crippen LogP contribution in [0.1, 0.15) is 10.5 Å². The van der Waals surface area contributed by atoms with Gasteiger partial charge in [0.05, 0.1) is 10.0 Å². The normalized spacial score (nSPS) is 10.6. The van der Waals surface area contributed by atoms with Crippen LogP contribution in [-0.4, -0.2) is 22.9 Å². The molecule has 3 rings (SSSR count). The van der Waals surface area contributed by atoms with Crippen LogP contribution in [0.4, 0.5) is 5.69 Å². The van der Waals surface area contributed by atoms with Gasteiger partial charge in [-0.05, 0) is 30.3 Å². The van der Waals surface area contributed by atoms with Crippen molar-refractivity contribution >= 4 is 46.1 Å². The van der Waals surface area contributed by atoms with E-state index in [0.717, 1.165) is 10.6 Å². The van der Waals surface area contributed by atoms with Crippen LogP contribution < -0.4 is 4.90 Å². The SMILES string of the molecule is CN(C(=O)c1csc(-c2cccnc2)n1)c1ccc(Cl)c(Cl)c1. The highest BCUT2D eigenvalue weighted by Gasteiger charge is 2.18. The molecule has 0 aliphatic heterocycles. The molecule has 2 heterocycles. The second-order valence-corrected chi connectivity index (χ2v) is 6.41. The Morgan fingerprint density at radius 1 is 1.22 bits per heavy atom. The molecule has 1 aromatic carbocycles. The fourth-order valence-corrected chi connectivity index (χ4v) is 3.05. The number of carbonyl (C=O) groups is 1. The van der Waals surface area contributed by atoms with Crippen molar-refractivity contribution in [3.63, 3.8) is 0 Å². The zero-order valence-corrected chi connectivity index (χ0v) is 14.4. The van der Waals surface area contributed by atoms with Crippen LogP contribution in [0.15, 0.2) is 48.1 Å². The van der Waals surface area contributed by atoms with Crippen molar-refractivity contribution in [1.82, 2.24) is 9.97 Å². The summed E-state index contributed by atoms with van der Waals surface area (Å²) >= 11 is 13.3. The molecule has 116 valence electrons. The fourth-order valence-electron chi connectivity index (χ4n) is 1.98. The first-order valence-corrected chi connectivity index (χ1v) is 8.29. The average molecular weight is 364 g/mol. The Labute approximate surface area is 147 Å². The van der Waals surface area contributed by atoms with Gasteiger partial charge in [-0.25, -0.2) is 4.98 Å². The summed E-state index contributed by atoms with van der Waals surface area (Å²) in [6.45, 7) is 0. The molecule has 0 fully saturated rings. The van der Waals surface area contributed by atoms with E-state index in [1.54, 1.807) is 43.0 Å². The summed E-state index contributed by atoms with van der Waals surface area (Å²) in [5.74, 6) is -0.213. The number of carbonyl (C=O) groups excluding carboxylic acids is 1. The molecule has 0 bridgehead atoms. The monoisotopic (exact) mass is 363 g/mol. The van der Waals surface area contributed by atoms with E-state index >= 15 is 0 Å². The number of thiazole rings is 1. The van der Waals surface area contributed by atoms with Crippen LogP contribution in [0, 0.1) is 0 Å². The van der Waals surface area contributed by atoms with Crippen molar-refractivity contribution in [2.75, 3.05) is 11.9 Å². The van der Waals surface area contributed by atoms with E-state index in [0.29, 0.717) is 21.4 Å². The highest BCUT2D eigenvalue weighted by Crippen LogP contribution is 2.28. The molecule has 0 N–H and O–H groups in total. The number of hydrogen-bond acceptors (Lipinski definition) is 4. The van der Waals surface area contributed by atoms with Crippen molar-refractivity contribution in [3.05, 3.63) is 63.8 Å². The third-order valence-electron chi connectivity index (χ3n) is 3.23. The number of nitrogens with zero attached hydrogens (tertiary/aromatic N) is 3. The van der Waals surface area contributed by atoms with Gasteiger partial charge in [-0.3, -0.25) is 9.78 Å². The lowest BCUT2D eigenvalue weighted by atomic mass is 10.2. The molecule has 0 saturated heterocycles. The van der Waals surface area contributed by atoms with E-state index in [9.17, 15) is 4.79 Å². The van der Waals surface area contributed by atoms with Gasteiger partial charge in [0.2, 0.25) is 0 Å². The van der Waals surface area contributed by atoms with Gasteiger partial charge in [-0.15, -0.1) is 11.3 Å². The molecule has 0 radical (unpaired) electrons. The van der Waals surface area contributed by atoms with E-state index in [2.05, 4.69) is 9.97 Å². The second-order valence-electron chi connectivity index (χ2n) is 4.74. The minimum absolute atomic E-state index is 0.213. The molecule has 7 heteroatoms. The molecule has 0 saturated carbocycles. The van der Waals surface area contributed by atoms with E-state index < -0.39 is 0 Å². The number of rotatable bonds is 3. The number of amides is 1. The maximum atomic E-state index is 12.6. The van der Waals surface area contributed by atoms with Crippen molar-refractivity contribution < 1.29 is 4.79 Å². The van der Waals surface area contributed by atoms with Crippen LogP contribution in [0.3, 0.4) is 0 Å². The smallest absolute Gasteiger partial charge is 0.277 e. The van der Waals surface area contributed by atoms with E-state index in [-0.39, 0.29) is 5.91 Å². The Bertz CT molecular complexity index is 852. The highest BCUT2D eigenvalue weighted by atomic mass is 35.5. The van der Waals surface area contributed by atoms with Gasteiger partial charge in [0, 0.05) is 36.1 Å². The number of aromatic nitrogens is 2. The molecule has 1 amide bonds. The van der Waals surface area contributed by atoms with E-state index in [1.807, 2.05) is 12.1 Å². The summed E-state index contributed by atoms with van der Waals surface area (Å²) in [7, 11) is 1.67. The van der Waals surface area contributed by atoms with Gasteiger partial charge in [0.15, 0.2) is 0 Å². The van der Waals surface area contributed by atoms with Gasteiger partial charge in [-0.1, -0.05) is 23.2 Å². The Kier molecular flexibility index (Phi) is 4.61. The molecule has 0 aliphatic carbocycles. The molecule has 4 nitrogen and oxygen atoms in total. The number of pyridine rings is 1. The van der Waals surface area contributed by atoms with E-state index in [1.165, 1.54) is 16.2 Å². The molecule has 0 aliphatic rings. The summed E-state index contributed by atoms with van der Waals surface area (Å²) in [6.07, 6.45) is 3.41. The van der Waals surface area contributed by atoms with Crippen molar-refractivity contribution in [2.24, 2.45) is 0 Å². The van der Waals surface area contributed by atoms with Gasteiger partial charge >= 0.3 is 0 Å². The summed E-state index contributed by atoms with van der Waals surface area (Å²) in [5, 5.41) is 3.34. The number of anilines is 1. The molecule has 0 spiro atoms. The van der Waals surface area contributed by atoms with E-state index in [4.69, 9.17) is 23.2 Å². The zero-order valence-electron chi connectivity index (χ0n) is 12.0. The van der Waals surface area contributed by atoms with Gasteiger partial charge in [0.25, 0.3) is 5.91 Å². The number of hydrogen-bond donors (Lipinski definition) is 0. The van der Waals surface area contributed by atoms with Gasteiger partial charge in [-0.2, -0.15) is 0 Å². The second kappa shape index (κ2) is 6.66. The van der Waals surface area contributed by atoms with Crippen LogP contribution in [-0.2, 0) is 0 Å². The fraction of sp³-hybridized carbons (Fsp3) is 0.0625. The van der Waals surface area contributed by atoms with Crippen LogP contribution in [0.5, 0.6) is 0 Å². The molecular weight excluding hydrogens is 353 g/mol. The number of benzene rings is 1. The van der Waals surface area contributed by atoms with Crippen LogP contribution in [0.2, 0.25) is 10.0 Å². The highest BCUT2D eigenvalue weighted by molar-refractivity contribution is 7.13. The first-order chi connectivity index (χ1) is 11.1. The summed E-state index contributed by atoms with van der Waals surface area (Å²) < 4.78 is 0. The first-order valence-electron chi connectivity index (χ1n) is 6.65. The lowest BCUT2D eigenvalue weighted by Gasteiger charge is -2.16. The molecule has 2 aromatic heterocycles. The maximum absolute atomic E-state index is 12.6. The Balaban J connectivity index is 1.85. The molecule has 0 unspecified atom stereocenters. The maximum Gasteiger partial charge on any atom is 0.277 e. The van der Waals surface area contributed by atoms with Crippen molar-refractivity contribution in [1.29, 1.82) is 0 Å². The van der Waals surface area contributed by atoms with Crippen LogP contribution >= 0.6 is 34.5 Å². The summed E-state index contributed by atoms with van der Waals surface area (Å²) in [5.41, 5.74) is 1.91.